The predicted molar refractivity (Wildman–Crippen MR) is 93.9 cm³/mol. The lowest BCUT2D eigenvalue weighted by molar-refractivity contribution is -0.892. The number of carbonyl (C=O) groups excluding carboxylic acids is 1. The normalized spacial score (nSPS) is 15.2. The molecular weight excluding hydrogens is 300 g/mol. The van der Waals surface area contributed by atoms with E-state index < -0.39 is 0 Å². The van der Waals surface area contributed by atoms with Gasteiger partial charge >= 0.3 is 0 Å². The highest BCUT2D eigenvalue weighted by Gasteiger charge is 2.26. The number of anilines is 1. The fourth-order valence-corrected chi connectivity index (χ4v) is 3.10. The largest absolute Gasteiger partial charge is 0.351 e. The second-order valence-corrected chi connectivity index (χ2v) is 6.25. The molecule has 0 radical (unpaired) electrons. The average molecular weight is 326 g/mol. The Morgan fingerprint density at radius 1 is 1.08 bits per heavy atom. The molecule has 3 rings (SSSR count). The van der Waals surface area contributed by atoms with Gasteiger partial charge in [-0.2, -0.15) is 0 Å². The molecule has 1 amide bonds. The average Bonchev–Trinajstić information content (AvgIpc) is 2.64. The molecular formula is C19H26N4O+2. The summed E-state index contributed by atoms with van der Waals surface area (Å²) in [4.78, 5) is 19.1. The van der Waals surface area contributed by atoms with E-state index in [4.69, 9.17) is 0 Å². The van der Waals surface area contributed by atoms with Gasteiger partial charge in [0.1, 0.15) is 26.2 Å². The lowest BCUT2D eigenvalue weighted by Crippen LogP contribution is -3.16. The Morgan fingerprint density at radius 2 is 1.83 bits per heavy atom. The molecule has 0 unspecified atom stereocenters. The highest BCUT2D eigenvalue weighted by molar-refractivity contribution is 5.76. The van der Waals surface area contributed by atoms with Crippen molar-refractivity contribution < 1.29 is 14.7 Å². The topological polar surface area (TPSA) is 50.9 Å². The van der Waals surface area contributed by atoms with Gasteiger partial charge in [-0.25, -0.2) is 4.98 Å². The zero-order valence-corrected chi connectivity index (χ0v) is 14.0. The Kier molecular flexibility index (Phi) is 5.80. The third kappa shape index (κ3) is 4.80. The summed E-state index contributed by atoms with van der Waals surface area (Å²) in [5.74, 6) is 1.31. The number of rotatable bonds is 6. The maximum absolute atomic E-state index is 12.1. The van der Waals surface area contributed by atoms with Gasteiger partial charge in [-0.05, 0) is 18.1 Å². The van der Waals surface area contributed by atoms with E-state index in [1.807, 2.05) is 36.5 Å². The molecule has 1 saturated heterocycles. The summed E-state index contributed by atoms with van der Waals surface area (Å²) < 4.78 is 0. The Balaban J connectivity index is 1.36. The minimum Gasteiger partial charge on any atom is -0.351 e. The summed E-state index contributed by atoms with van der Waals surface area (Å²) in [5, 5.41) is 3.04. The van der Waals surface area contributed by atoms with E-state index in [1.165, 1.54) is 10.5 Å². The van der Waals surface area contributed by atoms with E-state index in [-0.39, 0.29) is 5.91 Å². The number of hydrogen-bond donors (Lipinski definition) is 2. The molecule has 0 saturated carbocycles. The number of piperazine rings is 1. The van der Waals surface area contributed by atoms with Gasteiger partial charge in [0, 0.05) is 12.6 Å². The second kappa shape index (κ2) is 8.45. The molecule has 3 N–H and O–H groups in total. The first-order chi connectivity index (χ1) is 11.8. The Bertz CT molecular complexity index is 624. The van der Waals surface area contributed by atoms with Crippen LogP contribution < -0.4 is 20.1 Å². The number of amides is 1. The summed E-state index contributed by atoms with van der Waals surface area (Å²) in [6, 6.07) is 16.4. The molecule has 5 heteroatoms. The zero-order chi connectivity index (χ0) is 16.6. The van der Waals surface area contributed by atoms with Crippen LogP contribution in [0, 0.1) is 0 Å². The number of nitrogens with one attached hydrogen (secondary N) is 3. The maximum Gasteiger partial charge on any atom is 0.275 e. The third-order valence-corrected chi connectivity index (χ3v) is 4.49. The van der Waals surface area contributed by atoms with E-state index in [0.29, 0.717) is 13.1 Å². The number of carbonyl (C=O) groups is 1. The van der Waals surface area contributed by atoms with Gasteiger partial charge in [0.05, 0.1) is 6.20 Å². The number of nitrogens with zero attached hydrogens (tertiary/aromatic N) is 1. The molecule has 0 bridgehead atoms. The van der Waals surface area contributed by atoms with Crippen LogP contribution in [-0.4, -0.2) is 45.2 Å². The Hall–Kier alpha value is -2.40. The van der Waals surface area contributed by atoms with Crippen molar-refractivity contribution in [3.8, 4) is 0 Å². The van der Waals surface area contributed by atoms with Gasteiger partial charge in [-0.3, -0.25) is 9.69 Å². The molecule has 1 aromatic heterocycles. The number of aromatic amines is 1. The first-order valence-corrected chi connectivity index (χ1v) is 8.67. The minimum absolute atomic E-state index is 0.153. The van der Waals surface area contributed by atoms with Crippen molar-refractivity contribution in [2.24, 2.45) is 0 Å². The number of aromatic nitrogens is 1. The van der Waals surface area contributed by atoms with Crippen LogP contribution >= 0.6 is 0 Å². The lowest BCUT2D eigenvalue weighted by atomic mass is 10.1. The van der Waals surface area contributed by atoms with Gasteiger partial charge in [0.2, 0.25) is 0 Å². The van der Waals surface area contributed by atoms with Crippen LogP contribution in [0.1, 0.15) is 5.56 Å². The van der Waals surface area contributed by atoms with E-state index in [9.17, 15) is 4.79 Å². The molecule has 1 aliphatic heterocycles. The van der Waals surface area contributed by atoms with Gasteiger partial charge in [0.25, 0.3) is 11.7 Å². The SMILES string of the molecule is O=C(C[NH+]1CCN(c2cccc[nH+]2)CC1)NCCc1ccccc1. The van der Waals surface area contributed by atoms with Crippen molar-refractivity contribution in [2.75, 3.05) is 44.2 Å². The summed E-state index contributed by atoms with van der Waals surface area (Å²) in [5.41, 5.74) is 1.26. The molecule has 0 atom stereocenters. The van der Waals surface area contributed by atoms with Crippen LogP contribution in [0.4, 0.5) is 5.82 Å². The number of pyridine rings is 1. The molecule has 2 aromatic rings. The third-order valence-electron chi connectivity index (χ3n) is 4.49. The number of H-pyrrole nitrogens is 1. The van der Waals surface area contributed by atoms with Crippen LogP contribution in [-0.2, 0) is 11.2 Å². The highest BCUT2D eigenvalue weighted by atomic mass is 16.2. The molecule has 24 heavy (non-hydrogen) atoms. The summed E-state index contributed by atoms with van der Waals surface area (Å²) in [7, 11) is 0. The predicted octanol–water partition coefficient (Wildman–Crippen LogP) is -0.435. The first-order valence-electron chi connectivity index (χ1n) is 8.67. The maximum atomic E-state index is 12.1. The molecule has 0 spiro atoms. The minimum atomic E-state index is 0.153. The van der Waals surface area contributed by atoms with Gasteiger partial charge in [0.15, 0.2) is 6.54 Å². The van der Waals surface area contributed by atoms with Crippen molar-refractivity contribution in [2.45, 2.75) is 6.42 Å². The lowest BCUT2D eigenvalue weighted by Gasteiger charge is -2.27. The molecule has 5 nitrogen and oxygen atoms in total. The highest BCUT2D eigenvalue weighted by Crippen LogP contribution is 2.04. The number of hydrogen-bond acceptors (Lipinski definition) is 2. The van der Waals surface area contributed by atoms with Crippen LogP contribution in [0.2, 0.25) is 0 Å². The van der Waals surface area contributed by atoms with Gasteiger partial charge in [-0.15, -0.1) is 0 Å². The van der Waals surface area contributed by atoms with Crippen molar-refractivity contribution in [1.29, 1.82) is 0 Å². The standard InChI is InChI=1S/C19H24N4O/c24-19(21-11-9-17-6-2-1-3-7-17)16-22-12-14-23(15-13-22)18-8-4-5-10-20-18/h1-8,10H,9,11-16H2,(H,21,24)/p+2. The van der Waals surface area contributed by atoms with Crippen LogP contribution in [0.3, 0.4) is 0 Å². The monoisotopic (exact) mass is 326 g/mol. The quantitative estimate of drug-likeness (QED) is 0.757. The van der Waals surface area contributed by atoms with Crippen molar-refractivity contribution in [3.63, 3.8) is 0 Å². The van der Waals surface area contributed by atoms with Gasteiger partial charge < -0.3 is 10.2 Å². The molecule has 2 heterocycles. The van der Waals surface area contributed by atoms with E-state index in [2.05, 4.69) is 33.4 Å². The van der Waals surface area contributed by atoms with Crippen molar-refractivity contribution in [1.82, 2.24) is 5.32 Å². The van der Waals surface area contributed by atoms with Crippen LogP contribution in [0.5, 0.6) is 0 Å². The first kappa shape index (κ1) is 16.5. The summed E-state index contributed by atoms with van der Waals surface area (Å²) in [6.07, 6.45) is 2.84. The Morgan fingerprint density at radius 3 is 2.54 bits per heavy atom. The van der Waals surface area contributed by atoms with Crippen molar-refractivity contribution in [3.05, 3.63) is 60.3 Å². The van der Waals surface area contributed by atoms with E-state index in [1.54, 1.807) is 0 Å². The molecule has 1 fully saturated rings. The smallest absolute Gasteiger partial charge is 0.275 e. The summed E-state index contributed by atoms with van der Waals surface area (Å²) >= 11 is 0. The second-order valence-electron chi connectivity index (χ2n) is 6.25. The Labute approximate surface area is 143 Å². The fraction of sp³-hybridized carbons (Fsp3) is 0.368. The van der Waals surface area contributed by atoms with Crippen LogP contribution in [0.25, 0.3) is 0 Å². The van der Waals surface area contributed by atoms with E-state index >= 15 is 0 Å². The van der Waals surface area contributed by atoms with Crippen molar-refractivity contribution >= 4 is 11.7 Å². The molecule has 0 aliphatic carbocycles. The summed E-state index contributed by atoms with van der Waals surface area (Å²) in [6.45, 7) is 5.23. The zero-order valence-electron chi connectivity index (χ0n) is 14.0. The number of benzene rings is 1. The molecule has 1 aliphatic rings. The number of quaternary nitrogens is 1. The van der Waals surface area contributed by atoms with Crippen LogP contribution in [0.15, 0.2) is 54.7 Å². The molecule has 1 aromatic carbocycles. The molecule has 126 valence electrons. The fourth-order valence-electron chi connectivity index (χ4n) is 3.10. The van der Waals surface area contributed by atoms with Gasteiger partial charge in [-0.1, -0.05) is 36.4 Å². The van der Waals surface area contributed by atoms with E-state index in [0.717, 1.165) is 38.4 Å².